The summed E-state index contributed by atoms with van der Waals surface area (Å²) in [5.41, 5.74) is 0. The van der Waals surface area contributed by atoms with Gasteiger partial charge in [0.1, 0.15) is 0 Å². The molecule has 0 atom stereocenters. The van der Waals surface area contributed by atoms with E-state index in [0.29, 0.717) is 0 Å². The fraction of sp³-hybridized carbons (Fsp3) is 0. The van der Waals surface area contributed by atoms with Crippen molar-refractivity contribution < 1.29 is 22.3 Å². The Morgan fingerprint density at radius 2 is 1.57 bits per heavy atom. The summed E-state index contributed by atoms with van der Waals surface area (Å²) in [5.74, 6) is 0. The average molecular weight is 147 g/mol. The zero-order chi connectivity index (χ0) is 4.41. The molecule has 0 saturated heterocycles. The molecule has 1 aromatic rings. The van der Waals surface area contributed by atoms with Crippen LogP contribution in [0.25, 0.3) is 0 Å². The van der Waals surface area contributed by atoms with Crippen molar-refractivity contribution in [3.63, 3.8) is 0 Å². The van der Waals surface area contributed by atoms with Crippen LogP contribution in [0.4, 0.5) is 0 Å². The van der Waals surface area contributed by atoms with Crippen LogP contribution in [0.15, 0.2) is 24.5 Å². The minimum Gasteiger partial charge on any atom is -0.429 e. The molecule has 0 aliphatic rings. The summed E-state index contributed by atoms with van der Waals surface area (Å²) in [6.07, 6.45) is 3.11. The van der Waals surface area contributed by atoms with Crippen LogP contribution in [0.1, 0.15) is 0 Å². The Bertz CT molecular complexity index is 115. The fourth-order valence-corrected chi connectivity index (χ4v) is 0.325. The maximum Gasteiger partial charge on any atom is 0.0432 e. The molecule has 0 fully saturated rings. The zero-order valence-corrected chi connectivity index (χ0v) is 4.45. The molecule has 3 heteroatoms. The summed E-state index contributed by atoms with van der Waals surface area (Å²) in [4.78, 5) is 0. The molecule has 0 saturated carbocycles. The maximum atomic E-state index is 8.39. The van der Waals surface area contributed by atoms with E-state index < -0.39 is 0 Å². The minimum absolute atomic E-state index is 0. The van der Waals surface area contributed by atoms with E-state index in [1.807, 2.05) is 0 Å². The van der Waals surface area contributed by atoms with E-state index in [1.165, 1.54) is 0 Å². The van der Waals surface area contributed by atoms with Gasteiger partial charge in [0.25, 0.3) is 0 Å². The molecule has 43 valence electrons. The van der Waals surface area contributed by atoms with E-state index in [1.54, 1.807) is 24.5 Å². The van der Waals surface area contributed by atoms with Gasteiger partial charge in [-0.3, -0.25) is 0 Å². The number of nitrogens with zero attached hydrogens (tertiary/aromatic N) is 1. The first-order valence-corrected chi connectivity index (χ1v) is 1.72. The standard InChI is InChI=1S/C4H5NO.Cu/c6-5-3-1-2-4-5;/h1-4,6H;. The van der Waals surface area contributed by atoms with E-state index in [2.05, 4.69) is 0 Å². The van der Waals surface area contributed by atoms with Crippen molar-refractivity contribution in [2.75, 3.05) is 0 Å². The van der Waals surface area contributed by atoms with Gasteiger partial charge >= 0.3 is 0 Å². The van der Waals surface area contributed by atoms with Crippen molar-refractivity contribution in [2.24, 2.45) is 0 Å². The van der Waals surface area contributed by atoms with Gasteiger partial charge in [-0.05, 0) is 12.1 Å². The van der Waals surface area contributed by atoms with E-state index in [4.69, 9.17) is 5.21 Å². The molecular weight excluding hydrogens is 142 g/mol. The van der Waals surface area contributed by atoms with Crippen molar-refractivity contribution in [1.82, 2.24) is 4.73 Å². The van der Waals surface area contributed by atoms with Crippen molar-refractivity contribution in [3.8, 4) is 0 Å². The number of hydrogen-bond donors (Lipinski definition) is 1. The van der Waals surface area contributed by atoms with Crippen molar-refractivity contribution in [1.29, 1.82) is 0 Å². The quantitative estimate of drug-likeness (QED) is 0.424. The Morgan fingerprint density at radius 1 is 1.14 bits per heavy atom. The molecule has 7 heavy (non-hydrogen) atoms. The molecule has 0 amide bonds. The van der Waals surface area contributed by atoms with Crippen LogP contribution in [0, 0.1) is 0 Å². The molecule has 1 aromatic heterocycles. The molecule has 0 aliphatic heterocycles. The maximum absolute atomic E-state index is 8.39. The first kappa shape index (κ1) is 6.60. The largest absolute Gasteiger partial charge is 0.429 e. The second kappa shape index (κ2) is 2.72. The Hall–Kier alpha value is -0.401. The summed E-state index contributed by atoms with van der Waals surface area (Å²) in [5, 5.41) is 8.39. The molecular formula is C4H5CuNO. The molecule has 0 spiro atoms. The molecule has 0 unspecified atom stereocenters. The van der Waals surface area contributed by atoms with E-state index >= 15 is 0 Å². The average Bonchev–Trinajstić information content (AvgIpc) is 1.86. The second-order valence-corrected chi connectivity index (χ2v) is 1.06. The van der Waals surface area contributed by atoms with E-state index in [0.717, 1.165) is 4.73 Å². The van der Waals surface area contributed by atoms with Crippen LogP contribution >= 0.6 is 0 Å². The Labute approximate surface area is 52.2 Å². The van der Waals surface area contributed by atoms with Gasteiger partial charge in [-0.15, -0.1) is 0 Å². The number of aromatic nitrogens is 1. The molecule has 1 rings (SSSR count). The molecule has 1 N–H and O–H groups in total. The van der Waals surface area contributed by atoms with Gasteiger partial charge in [0.15, 0.2) is 0 Å². The Balaban J connectivity index is 0.000000360. The monoisotopic (exact) mass is 146 g/mol. The predicted octanol–water partition coefficient (Wildman–Crippen LogP) is 0.723. The molecule has 0 aliphatic carbocycles. The minimum atomic E-state index is 0. The van der Waals surface area contributed by atoms with Crippen molar-refractivity contribution >= 4 is 0 Å². The first-order valence-electron chi connectivity index (χ1n) is 1.72. The number of hydrogen-bond acceptors (Lipinski definition) is 1. The van der Waals surface area contributed by atoms with Crippen molar-refractivity contribution in [3.05, 3.63) is 24.5 Å². The van der Waals surface area contributed by atoms with E-state index in [9.17, 15) is 0 Å². The summed E-state index contributed by atoms with van der Waals surface area (Å²) < 4.78 is 1.00. The third kappa shape index (κ3) is 1.67. The Morgan fingerprint density at radius 3 is 1.71 bits per heavy atom. The van der Waals surface area contributed by atoms with Crippen LogP contribution in [0.3, 0.4) is 0 Å². The van der Waals surface area contributed by atoms with Crippen LogP contribution in [0.2, 0.25) is 0 Å². The van der Waals surface area contributed by atoms with Crippen LogP contribution in [-0.4, -0.2) is 9.94 Å². The summed E-state index contributed by atoms with van der Waals surface area (Å²) in [6.45, 7) is 0. The Kier molecular flexibility index (Phi) is 2.56. The summed E-state index contributed by atoms with van der Waals surface area (Å²) >= 11 is 0. The van der Waals surface area contributed by atoms with Gasteiger partial charge in [-0.2, -0.15) is 0 Å². The summed E-state index contributed by atoms with van der Waals surface area (Å²) in [6, 6.07) is 3.50. The zero-order valence-electron chi connectivity index (χ0n) is 3.51. The van der Waals surface area contributed by atoms with Crippen LogP contribution in [0.5, 0.6) is 0 Å². The normalized spacial score (nSPS) is 7.43. The van der Waals surface area contributed by atoms with Gasteiger partial charge in [-0.1, -0.05) is 0 Å². The topological polar surface area (TPSA) is 25.2 Å². The van der Waals surface area contributed by atoms with Gasteiger partial charge in [-0.25, -0.2) is 4.73 Å². The van der Waals surface area contributed by atoms with Crippen molar-refractivity contribution in [2.45, 2.75) is 0 Å². The molecule has 2 nitrogen and oxygen atoms in total. The molecule has 1 radical (unpaired) electrons. The number of rotatable bonds is 0. The predicted molar refractivity (Wildman–Crippen MR) is 21.6 cm³/mol. The van der Waals surface area contributed by atoms with Gasteiger partial charge in [0.2, 0.25) is 0 Å². The molecule has 1 heterocycles. The van der Waals surface area contributed by atoms with Crippen LogP contribution in [-0.2, 0) is 17.1 Å². The van der Waals surface area contributed by atoms with Crippen LogP contribution < -0.4 is 0 Å². The van der Waals surface area contributed by atoms with Gasteiger partial charge in [0, 0.05) is 29.5 Å². The molecule has 0 aromatic carbocycles. The van der Waals surface area contributed by atoms with Gasteiger partial charge < -0.3 is 5.21 Å². The third-order valence-electron chi connectivity index (χ3n) is 0.589. The summed E-state index contributed by atoms with van der Waals surface area (Å²) in [7, 11) is 0. The fourth-order valence-electron chi connectivity index (χ4n) is 0.325. The second-order valence-electron chi connectivity index (χ2n) is 1.06. The SMILES string of the molecule is On1cccc1.[Cu]. The molecule has 0 bridgehead atoms. The first-order chi connectivity index (χ1) is 2.89. The van der Waals surface area contributed by atoms with Gasteiger partial charge in [0.05, 0.1) is 0 Å². The third-order valence-corrected chi connectivity index (χ3v) is 0.589. The smallest absolute Gasteiger partial charge is 0.0432 e. The van der Waals surface area contributed by atoms with E-state index in [-0.39, 0.29) is 17.1 Å².